The number of fused-ring (bicyclic) bond motifs is 1. The predicted molar refractivity (Wildman–Crippen MR) is 132 cm³/mol. The maximum absolute atomic E-state index is 13.4. The van der Waals surface area contributed by atoms with Crippen LogP contribution in [0.15, 0.2) is 46.2 Å². The van der Waals surface area contributed by atoms with E-state index in [4.69, 9.17) is 0 Å². The van der Waals surface area contributed by atoms with Gasteiger partial charge in [0.25, 0.3) is 5.91 Å². The Balaban J connectivity index is 2.15. The number of thioether (sulfide) groups is 1. The molecule has 0 aromatic heterocycles. The number of phenols is 1. The van der Waals surface area contributed by atoms with Crippen molar-refractivity contribution in [3.05, 3.63) is 58.0 Å². The zero-order valence-corrected chi connectivity index (χ0v) is 20.7. The fourth-order valence-corrected chi connectivity index (χ4v) is 4.74. The number of hydrogen-bond donors (Lipinski definition) is 2. The number of nitrogens with one attached hydrogen (secondary N) is 1. The monoisotopic (exact) mass is 452 g/mol. The molecule has 32 heavy (non-hydrogen) atoms. The highest BCUT2D eigenvalue weighted by Gasteiger charge is 2.31. The summed E-state index contributed by atoms with van der Waals surface area (Å²) < 4.78 is 0. The Hall–Kier alpha value is -2.73. The second kappa shape index (κ2) is 8.66. The first-order chi connectivity index (χ1) is 14.8. The van der Waals surface area contributed by atoms with Gasteiger partial charge in [0, 0.05) is 23.1 Å². The maximum Gasteiger partial charge on any atom is 0.265 e. The average molecular weight is 453 g/mol. The minimum absolute atomic E-state index is 0.0414. The van der Waals surface area contributed by atoms with E-state index >= 15 is 0 Å². The minimum Gasteiger partial charge on any atom is -0.507 e. The lowest BCUT2D eigenvalue weighted by molar-refractivity contribution is -0.122. The Morgan fingerprint density at radius 1 is 1.06 bits per heavy atom. The molecular formula is C26H32N2O3S. The lowest BCUT2D eigenvalue weighted by Gasteiger charge is -2.30. The third-order valence-electron chi connectivity index (χ3n) is 5.46. The van der Waals surface area contributed by atoms with Crippen LogP contribution in [0.2, 0.25) is 0 Å². The van der Waals surface area contributed by atoms with Crippen molar-refractivity contribution in [2.24, 2.45) is 0 Å². The van der Waals surface area contributed by atoms with Crippen molar-refractivity contribution >= 4 is 35.3 Å². The van der Waals surface area contributed by atoms with Crippen molar-refractivity contribution in [3.63, 3.8) is 0 Å². The topological polar surface area (TPSA) is 69.6 Å². The van der Waals surface area contributed by atoms with Crippen molar-refractivity contribution < 1.29 is 14.7 Å². The summed E-state index contributed by atoms with van der Waals surface area (Å²) in [6, 6.07) is 11.5. The largest absolute Gasteiger partial charge is 0.507 e. The molecule has 0 bridgehead atoms. The number of amides is 2. The Bertz CT molecular complexity index is 1060. The fourth-order valence-electron chi connectivity index (χ4n) is 3.68. The molecule has 170 valence electrons. The lowest BCUT2D eigenvalue weighted by Crippen LogP contribution is -2.41. The normalized spacial score (nSPS) is 15.7. The Morgan fingerprint density at radius 3 is 2.16 bits per heavy atom. The summed E-state index contributed by atoms with van der Waals surface area (Å²) in [5.41, 5.74) is 2.74. The van der Waals surface area contributed by atoms with E-state index in [0.29, 0.717) is 10.7 Å². The third kappa shape index (κ3) is 4.85. The van der Waals surface area contributed by atoms with E-state index in [1.807, 2.05) is 42.5 Å². The highest BCUT2D eigenvalue weighted by Crippen LogP contribution is 2.44. The van der Waals surface area contributed by atoms with Crippen LogP contribution in [0.5, 0.6) is 5.75 Å². The van der Waals surface area contributed by atoms with Crippen molar-refractivity contribution in [1.29, 1.82) is 0 Å². The summed E-state index contributed by atoms with van der Waals surface area (Å²) in [6.07, 6.45) is 1.86. The molecule has 0 spiro atoms. The van der Waals surface area contributed by atoms with Crippen molar-refractivity contribution in [1.82, 2.24) is 5.32 Å². The highest BCUT2D eigenvalue weighted by molar-refractivity contribution is 8.04. The number of aromatic hydroxyl groups is 1. The molecule has 0 fully saturated rings. The average Bonchev–Trinajstić information content (AvgIpc) is 2.70. The molecule has 3 rings (SSSR count). The molecule has 2 aromatic rings. The van der Waals surface area contributed by atoms with Crippen LogP contribution >= 0.6 is 11.8 Å². The highest BCUT2D eigenvalue weighted by atomic mass is 32.2. The Morgan fingerprint density at radius 2 is 1.62 bits per heavy atom. The van der Waals surface area contributed by atoms with Crippen LogP contribution < -0.4 is 10.2 Å². The Labute approximate surface area is 194 Å². The molecule has 0 aliphatic carbocycles. The van der Waals surface area contributed by atoms with Crippen LogP contribution in [0.4, 0.5) is 5.69 Å². The quantitative estimate of drug-likeness (QED) is 0.627. The second-order valence-corrected chi connectivity index (χ2v) is 11.2. The predicted octanol–water partition coefficient (Wildman–Crippen LogP) is 5.21. The van der Waals surface area contributed by atoms with E-state index in [0.717, 1.165) is 27.3 Å². The van der Waals surface area contributed by atoms with Gasteiger partial charge in [-0.05, 0) is 46.7 Å². The van der Waals surface area contributed by atoms with Gasteiger partial charge in [0.2, 0.25) is 5.91 Å². The molecule has 2 N–H and O–H groups in total. The van der Waals surface area contributed by atoms with Crippen molar-refractivity contribution in [2.45, 2.75) is 57.3 Å². The van der Waals surface area contributed by atoms with Gasteiger partial charge in [-0.25, -0.2) is 0 Å². The van der Waals surface area contributed by atoms with E-state index in [2.05, 4.69) is 46.9 Å². The first-order valence-corrected chi connectivity index (χ1v) is 11.5. The molecule has 0 saturated heterocycles. The summed E-state index contributed by atoms with van der Waals surface area (Å²) in [5.74, 6) is -0.129. The molecule has 2 aromatic carbocycles. The number of likely N-dealkylation sites (N-methyl/N-ethyl adjacent to an activating group) is 1. The molecule has 2 amide bonds. The summed E-state index contributed by atoms with van der Waals surface area (Å²) >= 11 is 1.40. The third-order valence-corrected chi connectivity index (χ3v) is 6.54. The molecule has 1 heterocycles. The van der Waals surface area contributed by atoms with Crippen molar-refractivity contribution in [2.75, 3.05) is 18.5 Å². The lowest BCUT2D eigenvalue weighted by atomic mass is 9.78. The van der Waals surface area contributed by atoms with E-state index in [1.54, 1.807) is 7.05 Å². The second-order valence-electron chi connectivity index (χ2n) is 10.1. The van der Waals surface area contributed by atoms with Gasteiger partial charge in [0.05, 0.1) is 10.6 Å². The fraction of sp³-hybridized carbons (Fsp3) is 0.385. The van der Waals surface area contributed by atoms with Crippen LogP contribution in [-0.2, 0) is 20.4 Å². The zero-order valence-electron chi connectivity index (χ0n) is 19.9. The van der Waals surface area contributed by atoms with Gasteiger partial charge in [-0.3, -0.25) is 14.5 Å². The van der Waals surface area contributed by atoms with Gasteiger partial charge < -0.3 is 10.4 Å². The number of rotatable bonds is 3. The molecule has 0 saturated carbocycles. The molecule has 5 nitrogen and oxygen atoms in total. The summed E-state index contributed by atoms with van der Waals surface area (Å²) in [6.45, 7) is 12.3. The van der Waals surface area contributed by atoms with Gasteiger partial charge in [-0.15, -0.1) is 0 Å². The molecule has 0 unspecified atom stereocenters. The van der Waals surface area contributed by atoms with Crippen LogP contribution in [0.3, 0.4) is 0 Å². The smallest absolute Gasteiger partial charge is 0.265 e. The first-order valence-electron chi connectivity index (χ1n) is 10.7. The maximum atomic E-state index is 13.4. The van der Waals surface area contributed by atoms with E-state index in [9.17, 15) is 14.7 Å². The number of anilines is 1. The number of phenolic OH excluding ortho intramolecular Hbond substituents is 1. The molecular weight excluding hydrogens is 420 g/mol. The number of para-hydroxylation sites is 1. The van der Waals surface area contributed by atoms with Gasteiger partial charge in [-0.1, -0.05) is 65.4 Å². The standard InChI is InChI=1S/C26H32N2O3S/c1-25(2,3)17-12-16(13-18(23(17)30)26(4,5)6)14-21-24(31)28(15-22(29)27-7)19-10-8-9-11-20(19)32-21/h8-14,30H,15H2,1-7H3,(H,27,29)/b21-14-. The van der Waals surface area contributed by atoms with Crippen LogP contribution in [-0.4, -0.2) is 30.5 Å². The number of benzene rings is 2. The molecule has 1 aliphatic rings. The van der Waals surface area contributed by atoms with Crippen LogP contribution in [0, 0.1) is 0 Å². The molecule has 0 atom stereocenters. The van der Waals surface area contributed by atoms with E-state index in [-0.39, 0.29) is 29.2 Å². The SMILES string of the molecule is CNC(=O)CN1C(=O)/C(=C/c2cc(C(C)(C)C)c(O)c(C(C)(C)C)c2)Sc2ccccc21. The summed E-state index contributed by atoms with van der Waals surface area (Å²) in [7, 11) is 1.56. The van der Waals surface area contributed by atoms with E-state index < -0.39 is 0 Å². The van der Waals surface area contributed by atoms with Gasteiger partial charge >= 0.3 is 0 Å². The van der Waals surface area contributed by atoms with E-state index in [1.165, 1.54) is 16.7 Å². The van der Waals surface area contributed by atoms with Gasteiger partial charge in [0.15, 0.2) is 0 Å². The van der Waals surface area contributed by atoms with Crippen LogP contribution in [0.1, 0.15) is 58.2 Å². The molecule has 0 radical (unpaired) electrons. The molecule has 1 aliphatic heterocycles. The number of nitrogens with zero attached hydrogens (tertiary/aromatic N) is 1. The summed E-state index contributed by atoms with van der Waals surface area (Å²) in [4.78, 5) is 28.5. The zero-order chi connectivity index (χ0) is 23.8. The number of carbonyl (C=O) groups is 2. The number of hydrogen-bond acceptors (Lipinski definition) is 4. The van der Waals surface area contributed by atoms with Crippen LogP contribution in [0.25, 0.3) is 6.08 Å². The molecule has 6 heteroatoms. The minimum atomic E-state index is -0.264. The Kier molecular flexibility index (Phi) is 6.47. The first kappa shape index (κ1) is 23.9. The summed E-state index contributed by atoms with van der Waals surface area (Å²) in [5, 5.41) is 13.6. The van der Waals surface area contributed by atoms with Crippen molar-refractivity contribution in [3.8, 4) is 5.75 Å². The van der Waals surface area contributed by atoms with Gasteiger partial charge in [-0.2, -0.15) is 0 Å². The van der Waals surface area contributed by atoms with Gasteiger partial charge in [0.1, 0.15) is 12.3 Å². The number of carbonyl (C=O) groups excluding carboxylic acids is 2.